The number of nitrogens with two attached hydrogens (primary N) is 2. The first kappa shape index (κ1) is 36.7. The van der Waals surface area contributed by atoms with Crippen molar-refractivity contribution < 1.29 is 39.5 Å². The third-order valence-corrected chi connectivity index (χ3v) is 7.29. The van der Waals surface area contributed by atoms with E-state index in [0.29, 0.717) is 12.1 Å². The quantitative estimate of drug-likeness (QED) is 0.0611. The number of hydrogen-bond donors (Lipinski definition) is 4. The summed E-state index contributed by atoms with van der Waals surface area (Å²) in [6.07, 6.45) is -9.46. The maximum atomic E-state index is 13.2. The zero-order valence-corrected chi connectivity index (χ0v) is 25.1. The Balaban J connectivity index is 0.000000489. The molecule has 1 atom stereocenters. The van der Waals surface area contributed by atoms with Gasteiger partial charge in [-0.15, -0.1) is 5.10 Å². The highest BCUT2D eigenvalue weighted by Crippen LogP contribution is 2.37. The van der Waals surface area contributed by atoms with E-state index in [0.717, 1.165) is 29.0 Å². The summed E-state index contributed by atoms with van der Waals surface area (Å²) in [5, 5.41) is 7.11. The number of halogens is 9. The molecule has 16 heteroatoms. The number of benzene rings is 2. The van der Waals surface area contributed by atoms with Gasteiger partial charge in [0.1, 0.15) is 0 Å². The smallest absolute Gasteiger partial charge is 0.368 e. The van der Waals surface area contributed by atoms with Crippen molar-refractivity contribution in [3.05, 3.63) is 76.5 Å². The summed E-state index contributed by atoms with van der Waals surface area (Å²) >= 11 is 0. The largest absolute Gasteiger partial charge is 0.418 e. The molecule has 0 amide bonds. The van der Waals surface area contributed by atoms with Gasteiger partial charge in [-0.3, -0.25) is 4.98 Å². The Kier molecular flexibility index (Phi) is 12.1. The summed E-state index contributed by atoms with van der Waals surface area (Å²) in [5.41, 5.74) is 3.15. The fourth-order valence-corrected chi connectivity index (χ4v) is 4.43. The van der Waals surface area contributed by atoms with Gasteiger partial charge in [0.05, 0.1) is 22.2 Å². The van der Waals surface area contributed by atoms with Gasteiger partial charge in [0.25, 0.3) is 0 Å². The second-order valence-corrected chi connectivity index (χ2v) is 11.2. The molecule has 6 N–H and O–H groups in total. The van der Waals surface area contributed by atoms with Crippen molar-refractivity contribution in [1.82, 2.24) is 20.7 Å². The van der Waals surface area contributed by atoms with E-state index < -0.39 is 53.3 Å². The standard InChI is InChI=1S/C21H17F9N6.C9H19N/c22-19(23,24)14-5-11(6-15(7-14)20(25,26)27)9-36(18(31)34-35-32)10-12-4-13-2-1-3-16(21(28,29)30)17(13)33-8-12;1-3-8(2)6-10-7-9-4-5-9/h1-8,35H,9-10,32H2,(H2,31,34);8-10H,3-7H2,1-2H3. The number of para-hydroxylation sites is 1. The molecule has 7 nitrogen and oxygen atoms in total. The van der Waals surface area contributed by atoms with Crippen molar-refractivity contribution in [2.75, 3.05) is 13.1 Å². The molecule has 1 unspecified atom stereocenters. The number of nitrogens with zero attached hydrogens (tertiary/aromatic N) is 3. The van der Waals surface area contributed by atoms with Crippen LogP contribution >= 0.6 is 0 Å². The van der Waals surface area contributed by atoms with E-state index in [9.17, 15) is 39.5 Å². The van der Waals surface area contributed by atoms with Gasteiger partial charge in [0.15, 0.2) is 0 Å². The summed E-state index contributed by atoms with van der Waals surface area (Å²) in [7, 11) is 0. The van der Waals surface area contributed by atoms with Crippen LogP contribution in [0.1, 0.15) is 60.9 Å². The molecular weight excluding hydrogens is 629 g/mol. The molecular formula is C30H36F9N7. The Bertz CT molecular complexity index is 1430. The molecule has 254 valence electrons. The highest BCUT2D eigenvalue weighted by Gasteiger charge is 2.37. The van der Waals surface area contributed by atoms with Gasteiger partial charge < -0.3 is 16.0 Å². The molecule has 3 aromatic rings. The Labute approximate surface area is 260 Å². The van der Waals surface area contributed by atoms with Crippen molar-refractivity contribution in [1.29, 1.82) is 0 Å². The van der Waals surface area contributed by atoms with E-state index in [4.69, 9.17) is 11.6 Å². The van der Waals surface area contributed by atoms with Crippen LogP contribution in [0, 0.1) is 11.8 Å². The molecule has 0 aliphatic heterocycles. The number of pyridine rings is 1. The minimum absolute atomic E-state index is 0.0157. The normalized spacial score (nSPS) is 14.9. The number of rotatable bonds is 10. The zero-order chi connectivity index (χ0) is 34.3. The zero-order valence-electron chi connectivity index (χ0n) is 25.1. The second-order valence-electron chi connectivity index (χ2n) is 11.2. The highest BCUT2D eigenvalue weighted by molar-refractivity contribution is 5.83. The van der Waals surface area contributed by atoms with Crippen molar-refractivity contribution in [3.8, 4) is 0 Å². The molecule has 0 spiro atoms. The molecule has 1 heterocycles. The molecule has 0 bridgehead atoms. The number of hydrazine groups is 1. The van der Waals surface area contributed by atoms with E-state index >= 15 is 0 Å². The number of aromatic nitrogens is 1. The third-order valence-electron chi connectivity index (χ3n) is 7.29. The van der Waals surface area contributed by atoms with E-state index in [1.165, 1.54) is 50.6 Å². The molecule has 46 heavy (non-hydrogen) atoms. The number of hydrogen-bond acceptors (Lipinski definition) is 5. The molecule has 2 aromatic carbocycles. The maximum Gasteiger partial charge on any atom is 0.418 e. The van der Waals surface area contributed by atoms with Gasteiger partial charge in [-0.1, -0.05) is 32.4 Å². The Hall–Kier alpha value is -3.79. The fraction of sp³-hybridized carbons (Fsp3) is 0.467. The molecule has 1 aliphatic rings. The average molecular weight is 666 g/mol. The van der Waals surface area contributed by atoms with Gasteiger partial charge >= 0.3 is 18.5 Å². The lowest BCUT2D eigenvalue weighted by atomic mass is 10.0. The third kappa shape index (κ3) is 10.9. The molecule has 0 radical (unpaired) electrons. The van der Waals surface area contributed by atoms with Gasteiger partial charge in [0.2, 0.25) is 5.96 Å². The Morgan fingerprint density at radius 2 is 1.54 bits per heavy atom. The summed E-state index contributed by atoms with van der Waals surface area (Å²) in [6, 6.07) is 5.76. The van der Waals surface area contributed by atoms with Crippen LogP contribution in [0.2, 0.25) is 0 Å². The molecule has 1 aromatic heterocycles. The molecule has 4 rings (SSSR count). The van der Waals surface area contributed by atoms with Crippen molar-refractivity contribution in [2.45, 2.75) is 64.7 Å². The number of hydrazone groups is 1. The number of nitrogens with one attached hydrogen (secondary N) is 2. The van der Waals surface area contributed by atoms with Gasteiger partial charge in [0, 0.05) is 24.7 Å². The predicted molar refractivity (Wildman–Crippen MR) is 156 cm³/mol. The van der Waals surface area contributed by atoms with Crippen LogP contribution in [0.25, 0.3) is 10.9 Å². The first-order chi connectivity index (χ1) is 21.4. The Morgan fingerprint density at radius 3 is 2.07 bits per heavy atom. The van der Waals surface area contributed by atoms with E-state index in [1.807, 2.05) is 5.53 Å². The summed E-state index contributed by atoms with van der Waals surface area (Å²) in [5.74, 6) is 6.57. The van der Waals surface area contributed by atoms with Crippen LogP contribution in [-0.4, -0.2) is 28.9 Å². The van der Waals surface area contributed by atoms with Crippen LogP contribution in [0.4, 0.5) is 39.5 Å². The van der Waals surface area contributed by atoms with Crippen LogP contribution in [0.15, 0.2) is 53.8 Å². The van der Waals surface area contributed by atoms with Crippen LogP contribution in [0.3, 0.4) is 0 Å². The van der Waals surface area contributed by atoms with Crippen molar-refractivity contribution in [2.24, 2.45) is 28.5 Å². The van der Waals surface area contributed by atoms with Gasteiger partial charge in [-0.25, -0.2) is 11.4 Å². The first-order valence-electron chi connectivity index (χ1n) is 14.4. The SMILES string of the molecule is CCC(C)CNCC1CC1.NN/N=C(\N)N(Cc1cc(C(F)(F)F)cc(C(F)(F)F)c1)Cc1cnc2c(C(F)(F)F)cccc2c1. The molecule has 1 aliphatic carbocycles. The number of fused-ring (bicyclic) bond motifs is 1. The first-order valence-corrected chi connectivity index (χ1v) is 14.4. The lowest BCUT2D eigenvalue weighted by molar-refractivity contribution is -0.143. The summed E-state index contributed by atoms with van der Waals surface area (Å²) < 4.78 is 119. The van der Waals surface area contributed by atoms with E-state index in [-0.39, 0.29) is 29.1 Å². The van der Waals surface area contributed by atoms with Gasteiger partial charge in [-0.2, -0.15) is 39.5 Å². The van der Waals surface area contributed by atoms with E-state index in [2.05, 4.69) is 29.2 Å². The van der Waals surface area contributed by atoms with E-state index in [1.54, 1.807) is 0 Å². The molecule has 0 saturated heterocycles. The monoisotopic (exact) mass is 665 g/mol. The second kappa shape index (κ2) is 15.2. The van der Waals surface area contributed by atoms with Crippen molar-refractivity contribution >= 4 is 16.9 Å². The Morgan fingerprint density at radius 1 is 0.935 bits per heavy atom. The fourth-order valence-electron chi connectivity index (χ4n) is 4.43. The molecule has 1 saturated carbocycles. The number of guanidine groups is 1. The lowest BCUT2D eigenvalue weighted by Crippen LogP contribution is -2.38. The van der Waals surface area contributed by atoms with Crippen molar-refractivity contribution in [3.63, 3.8) is 0 Å². The van der Waals surface area contributed by atoms with Crippen LogP contribution in [0.5, 0.6) is 0 Å². The highest BCUT2D eigenvalue weighted by atomic mass is 19.4. The predicted octanol–water partition coefficient (Wildman–Crippen LogP) is 7.02. The topological polar surface area (TPSA) is 105 Å². The van der Waals surface area contributed by atoms with Crippen LogP contribution in [-0.2, 0) is 31.6 Å². The maximum absolute atomic E-state index is 13.2. The lowest BCUT2D eigenvalue weighted by Gasteiger charge is -2.25. The number of alkyl halides is 9. The minimum atomic E-state index is -5.06. The minimum Gasteiger partial charge on any atom is -0.368 e. The average Bonchev–Trinajstić information content (AvgIpc) is 3.79. The van der Waals surface area contributed by atoms with Gasteiger partial charge in [-0.05, 0) is 79.2 Å². The molecule has 1 fully saturated rings. The summed E-state index contributed by atoms with van der Waals surface area (Å²) in [6.45, 7) is 6.18. The van der Waals surface area contributed by atoms with Crippen LogP contribution < -0.4 is 22.4 Å². The summed E-state index contributed by atoms with van der Waals surface area (Å²) in [4.78, 5) is 4.92.